The molecule has 0 spiro atoms. The number of ether oxygens (including phenoxy) is 3. The predicted octanol–water partition coefficient (Wildman–Crippen LogP) is 1.47. The van der Waals surface area contributed by atoms with Crippen molar-refractivity contribution in [2.45, 2.75) is 13.5 Å². The Morgan fingerprint density at radius 3 is 2.50 bits per heavy atom. The molecular formula is C13H16O5. The van der Waals surface area contributed by atoms with E-state index in [4.69, 9.17) is 9.47 Å². The molecule has 1 aromatic rings. The zero-order chi connectivity index (χ0) is 13.5. The van der Waals surface area contributed by atoms with Crippen LogP contribution in [0.1, 0.15) is 21.5 Å². The van der Waals surface area contributed by atoms with Crippen LogP contribution in [0, 0.1) is 6.92 Å². The van der Waals surface area contributed by atoms with Gasteiger partial charge >= 0.3 is 11.9 Å². The molecule has 0 atom stereocenters. The summed E-state index contributed by atoms with van der Waals surface area (Å²) in [5, 5.41) is 0. The molecule has 1 aromatic carbocycles. The quantitative estimate of drug-likeness (QED) is 0.743. The Bertz CT molecular complexity index is 439. The van der Waals surface area contributed by atoms with Gasteiger partial charge in [-0.2, -0.15) is 0 Å². The van der Waals surface area contributed by atoms with Crippen molar-refractivity contribution >= 4 is 11.9 Å². The van der Waals surface area contributed by atoms with E-state index >= 15 is 0 Å². The summed E-state index contributed by atoms with van der Waals surface area (Å²) in [6.45, 7) is 1.89. The van der Waals surface area contributed by atoms with Crippen molar-refractivity contribution in [3.05, 3.63) is 34.9 Å². The average Bonchev–Trinajstić information content (AvgIpc) is 2.39. The molecule has 0 aliphatic carbocycles. The first-order valence-electron chi connectivity index (χ1n) is 5.41. The number of carbonyl (C=O) groups excluding carboxylic acids is 2. The van der Waals surface area contributed by atoms with Gasteiger partial charge in [0, 0.05) is 0 Å². The molecule has 0 saturated heterocycles. The van der Waals surface area contributed by atoms with Crippen LogP contribution in [0.3, 0.4) is 0 Å². The first kappa shape index (κ1) is 14.2. The number of hydrogen-bond donors (Lipinski definition) is 0. The molecule has 0 N–H and O–H groups in total. The van der Waals surface area contributed by atoms with Crippen molar-refractivity contribution in [3.8, 4) is 0 Å². The highest BCUT2D eigenvalue weighted by atomic mass is 16.6. The molecule has 5 nitrogen and oxygen atoms in total. The number of aryl methyl sites for hydroxylation is 1. The lowest BCUT2D eigenvalue weighted by Crippen LogP contribution is -2.12. The summed E-state index contributed by atoms with van der Waals surface area (Å²) in [6.07, 6.45) is 0. The molecule has 0 fully saturated rings. The molecule has 0 bridgehead atoms. The van der Waals surface area contributed by atoms with E-state index < -0.39 is 11.9 Å². The highest BCUT2D eigenvalue weighted by Crippen LogP contribution is 2.14. The zero-order valence-electron chi connectivity index (χ0n) is 10.7. The van der Waals surface area contributed by atoms with Crippen LogP contribution < -0.4 is 0 Å². The Kier molecular flexibility index (Phi) is 5.32. The highest BCUT2D eigenvalue weighted by molar-refractivity contribution is 5.91. The maximum atomic E-state index is 11.6. The molecule has 98 valence electrons. The van der Waals surface area contributed by atoms with Crippen LogP contribution in [-0.2, 0) is 25.6 Å². The standard InChI is InChI=1S/C13H16O5/c1-9-4-5-10(7-18-8-12(14)16-2)11(6-9)13(15)17-3/h4-6H,7-8H2,1-3H3. The van der Waals surface area contributed by atoms with Crippen LogP contribution in [0.5, 0.6) is 0 Å². The van der Waals surface area contributed by atoms with E-state index in [2.05, 4.69) is 4.74 Å². The summed E-state index contributed by atoms with van der Waals surface area (Å²) >= 11 is 0. The van der Waals surface area contributed by atoms with Crippen molar-refractivity contribution in [1.29, 1.82) is 0 Å². The maximum Gasteiger partial charge on any atom is 0.338 e. The van der Waals surface area contributed by atoms with Crippen LogP contribution in [0.25, 0.3) is 0 Å². The molecule has 0 heterocycles. The van der Waals surface area contributed by atoms with Gasteiger partial charge < -0.3 is 14.2 Å². The second-order valence-electron chi connectivity index (χ2n) is 3.72. The first-order valence-corrected chi connectivity index (χ1v) is 5.41. The number of benzene rings is 1. The van der Waals surface area contributed by atoms with Crippen molar-refractivity contribution in [2.24, 2.45) is 0 Å². The highest BCUT2D eigenvalue weighted by Gasteiger charge is 2.12. The molecule has 18 heavy (non-hydrogen) atoms. The molecule has 0 amide bonds. The summed E-state index contributed by atoms with van der Waals surface area (Å²) in [5.41, 5.74) is 2.07. The minimum absolute atomic E-state index is 0.148. The Morgan fingerprint density at radius 1 is 1.17 bits per heavy atom. The number of hydrogen-bond acceptors (Lipinski definition) is 5. The summed E-state index contributed by atoms with van der Waals surface area (Å²) in [5.74, 6) is -0.878. The van der Waals surface area contributed by atoms with Crippen LogP contribution in [0.15, 0.2) is 18.2 Å². The van der Waals surface area contributed by atoms with Gasteiger partial charge in [0.05, 0.1) is 26.4 Å². The van der Waals surface area contributed by atoms with Gasteiger partial charge in [-0.1, -0.05) is 17.7 Å². The van der Waals surface area contributed by atoms with Crippen LogP contribution in [0.2, 0.25) is 0 Å². The summed E-state index contributed by atoms with van der Waals surface area (Å²) < 4.78 is 14.3. The minimum Gasteiger partial charge on any atom is -0.467 e. The van der Waals surface area contributed by atoms with Gasteiger partial charge in [0.1, 0.15) is 6.61 Å². The number of methoxy groups -OCH3 is 2. The SMILES string of the molecule is COC(=O)COCc1ccc(C)cc1C(=O)OC. The van der Waals surface area contributed by atoms with Gasteiger partial charge in [-0.25, -0.2) is 9.59 Å². The molecule has 0 saturated carbocycles. The van der Waals surface area contributed by atoms with E-state index in [9.17, 15) is 9.59 Å². The Morgan fingerprint density at radius 2 is 1.89 bits per heavy atom. The van der Waals surface area contributed by atoms with Gasteiger partial charge in [0.25, 0.3) is 0 Å². The van der Waals surface area contributed by atoms with Crippen LogP contribution >= 0.6 is 0 Å². The fourth-order valence-electron chi connectivity index (χ4n) is 1.42. The van der Waals surface area contributed by atoms with Gasteiger partial charge in [-0.05, 0) is 18.6 Å². The number of rotatable bonds is 5. The lowest BCUT2D eigenvalue weighted by molar-refractivity contribution is -0.146. The molecular weight excluding hydrogens is 236 g/mol. The van der Waals surface area contributed by atoms with Gasteiger partial charge in [0.2, 0.25) is 0 Å². The van der Waals surface area contributed by atoms with Gasteiger partial charge in [-0.3, -0.25) is 0 Å². The fraction of sp³-hybridized carbons (Fsp3) is 0.385. The second-order valence-corrected chi connectivity index (χ2v) is 3.72. The third-order valence-electron chi connectivity index (χ3n) is 2.38. The lowest BCUT2D eigenvalue weighted by Gasteiger charge is -2.09. The van der Waals surface area contributed by atoms with E-state index in [1.165, 1.54) is 14.2 Å². The van der Waals surface area contributed by atoms with Crippen molar-refractivity contribution in [2.75, 3.05) is 20.8 Å². The molecule has 0 unspecified atom stereocenters. The van der Waals surface area contributed by atoms with Crippen molar-refractivity contribution < 1.29 is 23.8 Å². The molecule has 0 aliphatic heterocycles. The summed E-state index contributed by atoms with van der Waals surface area (Å²) in [6, 6.07) is 5.37. The number of carbonyl (C=O) groups is 2. The Hall–Kier alpha value is -1.88. The third-order valence-corrected chi connectivity index (χ3v) is 2.38. The third kappa shape index (κ3) is 3.85. The van der Waals surface area contributed by atoms with E-state index in [0.29, 0.717) is 11.1 Å². The molecule has 0 aliphatic rings. The predicted molar refractivity (Wildman–Crippen MR) is 64.2 cm³/mol. The minimum atomic E-state index is -0.457. The molecule has 1 rings (SSSR count). The van der Waals surface area contributed by atoms with Crippen LogP contribution in [-0.4, -0.2) is 32.8 Å². The smallest absolute Gasteiger partial charge is 0.338 e. The van der Waals surface area contributed by atoms with E-state index in [0.717, 1.165) is 5.56 Å². The topological polar surface area (TPSA) is 61.8 Å². The maximum absolute atomic E-state index is 11.6. The van der Waals surface area contributed by atoms with Crippen molar-refractivity contribution in [3.63, 3.8) is 0 Å². The average molecular weight is 252 g/mol. The number of esters is 2. The Balaban J connectivity index is 2.75. The zero-order valence-corrected chi connectivity index (χ0v) is 10.7. The summed E-state index contributed by atoms with van der Waals surface area (Å²) in [7, 11) is 2.61. The first-order chi connectivity index (χ1) is 8.58. The van der Waals surface area contributed by atoms with E-state index in [1.54, 1.807) is 12.1 Å². The molecule has 5 heteroatoms. The van der Waals surface area contributed by atoms with Crippen molar-refractivity contribution in [1.82, 2.24) is 0 Å². The van der Waals surface area contributed by atoms with E-state index in [-0.39, 0.29) is 13.2 Å². The van der Waals surface area contributed by atoms with Gasteiger partial charge in [0.15, 0.2) is 0 Å². The normalized spacial score (nSPS) is 9.94. The summed E-state index contributed by atoms with van der Waals surface area (Å²) in [4.78, 5) is 22.5. The Labute approximate surface area is 106 Å². The monoisotopic (exact) mass is 252 g/mol. The second kappa shape index (κ2) is 6.76. The lowest BCUT2D eigenvalue weighted by atomic mass is 10.1. The van der Waals surface area contributed by atoms with Gasteiger partial charge in [-0.15, -0.1) is 0 Å². The molecule has 0 radical (unpaired) electrons. The van der Waals surface area contributed by atoms with E-state index in [1.807, 2.05) is 13.0 Å². The van der Waals surface area contributed by atoms with Crippen LogP contribution in [0.4, 0.5) is 0 Å². The molecule has 0 aromatic heterocycles. The largest absolute Gasteiger partial charge is 0.467 e. The fourth-order valence-corrected chi connectivity index (χ4v) is 1.42.